The van der Waals surface area contributed by atoms with Crippen molar-refractivity contribution in [2.75, 3.05) is 26.5 Å². The number of urea groups is 1. The van der Waals surface area contributed by atoms with Gasteiger partial charge < -0.3 is 15.4 Å². The van der Waals surface area contributed by atoms with Crippen LogP contribution in [0.2, 0.25) is 0 Å². The molecule has 1 aromatic rings. The first-order chi connectivity index (χ1) is 12.5. The molecular formula is C19H27N3O3S. The minimum absolute atomic E-state index is 0.280. The number of hydrogen-bond acceptors (Lipinski definition) is 5. The topological polar surface area (TPSA) is 70.7 Å². The van der Waals surface area contributed by atoms with Gasteiger partial charge in [0, 0.05) is 23.7 Å². The molecule has 1 unspecified atom stereocenters. The fraction of sp³-hybridized carbons (Fsp3) is 0.474. The van der Waals surface area contributed by atoms with E-state index >= 15 is 0 Å². The first-order valence-corrected chi connectivity index (χ1v) is 10.00. The van der Waals surface area contributed by atoms with E-state index in [4.69, 9.17) is 4.74 Å². The number of likely N-dealkylation sites (N-methyl/N-ethyl adjacent to an activating group) is 1. The molecule has 7 heteroatoms. The van der Waals surface area contributed by atoms with E-state index in [1.165, 1.54) is 10.5 Å². The van der Waals surface area contributed by atoms with Gasteiger partial charge in [-0.1, -0.05) is 19.1 Å². The van der Waals surface area contributed by atoms with Crippen molar-refractivity contribution in [3.8, 4) is 0 Å². The van der Waals surface area contributed by atoms with E-state index < -0.39 is 0 Å². The van der Waals surface area contributed by atoms with Gasteiger partial charge in [0.05, 0.1) is 18.2 Å². The maximum Gasteiger partial charge on any atom is 0.337 e. The second-order valence-corrected chi connectivity index (χ2v) is 7.07. The van der Waals surface area contributed by atoms with Gasteiger partial charge in [0.2, 0.25) is 0 Å². The van der Waals surface area contributed by atoms with Gasteiger partial charge in [-0.3, -0.25) is 4.90 Å². The van der Waals surface area contributed by atoms with Crippen LogP contribution in [0.4, 0.5) is 4.79 Å². The van der Waals surface area contributed by atoms with Crippen LogP contribution in [0.3, 0.4) is 0 Å². The summed E-state index contributed by atoms with van der Waals surface area (Å²) in [5.41, 5.74) is 2.30. The zero-order valence-electron chi connectivity index (χ0n) is 15.8. The Labute approximate surface area is 159 Å². The second-order valence-electron chi connectivity index (χ2n) is 6.19. The van der Waals surface area contributed by atoms with E-state index in [9.17, 15) is 9.59 Å². The van der Waals surface area contributed by atoms with Crippen molar-refractivity contribution in [3.05, 3.63) is 41.1 Å². The highest BCUT2D eigenvalue weighted by molar-refractivity contribution is 7.98. The Morgan fingerprint density at radius 2 is 1.92 bits per heavy atom. The number of esters is 1. The standard InChI is InChI=1S/C19H27N3O3S/c1-5-15-17(18(23)25-6-2)16(21-19(24)20-15)12-22(3)11-13-7-9-14(26-4)10-8-13/h7-10,15H,5-6,11-12H2,1-4H3,(H2,20,21,24). The highest BCUT2D eigenvalue weighted by Gasteiger charge is 2.31. The van der Waals surface area contributed by atoms with Crippen LogP contribution in [0.1, 0.15) is 25.8 Å². The Morgan fingerprint density at radius 1 is 1.23 bits per heavy atom. The van der Waals surface area contributed by atoms with E-state index in [2.05, 4.69) is 46.1 Å². The van der Waals surface area contributed by atoms with E-state index in [-0.39, 0.29) is 18.0 Å². The average Bonchev–Trinajstić information content (AvgIpc) is 2.61. The molecular weight excluding hydrogens is 350 g/mol. The summed E-state index contributed by atoms with van der Waals surface area (Å²) in [6.45, 7) is 5.19. The van der Waals surface area contributed by atoms with Gasteiger partial charge in [0.25, 0.3) is 0 Å². The van der Waals surface area contributed by atoms with Gasteiger partial charge in [0.1, 0.15) is 0 Å². The highest BCUT2D eigenvalue weighted by atomic mass is 32.2. The third kappa shape index (κ3) is 5.25. The van der Waals surface area contributed by atoms with Crippen LogP contribution in [-0.4, -0.2) is 49.4 Å². The number of benzene rings is 1. The van der Waals surface area contributed by atoms with E-state index in [1.54, 1.807) is 18.7 Å². The lowest BCUT2D eigenvalue weighted by atomic mass is 10.00. The van der Waals surface area contributed by atoms with Gasteiger partial charge in [-0.05, 0) is 44.3 Å². The molecule has 0 fully saturated rings. The fourth-order valence-corrected chi connectivity index (χ4v) is 3.36. The van der Waals surface area contributed by atoms with Crippen molar-refractivity contribution in [2.24, 2.45) is 0 Å². The molecule has 2 N–H and O–H groups in total. The maximum atomic E-state index is 12.4. The molecule has 0 aromatic heterocycles. The van der Waals surface area contributed by atoms with Crippen molar-refractivity contribution >= 4 is 23.8 Å². The number of thioether (sulfide) groups is 1. The number of nitrogens with one attached hydrogen (secondary N) is 2. The van der Waals surface area contributed by atoms with Crippen molar-refractivity contribution in [2.45, 2.75) is 37.8 Å². The van der Waals surface area contributed by atoms with E-state index in [0.29, 0.717) is 37.4 Å². The molecule has 0 saturated carbocycles. The Kier molecular flexibility index (Phi) is 7.53. The molecule has 2 rings (SSSR count). The molecule has 0 bridgehead atoms. The van der Waals surface area contributed by atoms with Crippen molar-refractivity contribution in [1.29, 1.82) is 0 Å². The van der Waals surface area contributed by atoms with Crippen LogP contribution in [0.5, 0.6) is 0 Å². The van der Waals surface area contributed by atoms with E-state index in [1.807, 2.05) is 14.0 Å². The summed E-state index contributed by atoms with van der Waals surface area (Å²) in [5, 5.41) is 5.58. The summed E-state index contributed by atoms with van der Waals surface area (Å²) >= 11 is 1.71. The van der Waals surface area contributed by atoms with Crippen molar-refractivity contribution < 1.29 is 14.3 Å². The number of amides is 2. The molecule has 26 heavy (non-hydrogen) atoms. The highest BCUT2D eigenvalue weighted by Crippen LogP contribution is 2.19. The largest absolute Gasteiger partial charge is 0.463 e. The number of hydrogen-bond donors (Lipinski definition) is 2. The number of ether oxygens (including phenoxy) is 1. The summed E-state index contributed by atoms with van der Waals surface area (Å²) < 4.78 is 5.20. The van der Waals surface area contributed by atoms with Crippen LogP contribution < -0.4 is 10.6 Å². The molecule has 1 heterocycles. The first-order valence-electron chi connectivity index (χ1n) is 8.77. The zero-order valence-corrected chi connectivity index (χ0v) is 16.6. The SMILES string of the molecule is CCOC(=O)C1=C(CN(C)Cc2ccc(SC)cc2)NC(=O)NC1CC. The molecule has 1 atom stereocenters. The number of carbonyl (C=O) groups excluding carboxylic acids is 2. The predicted molar refractivity (Wildman–Crippen MR) is 104 cm³/mol. The minimum Gasteiger partial charge on any atom is -0.463 e. The van der Waals surface area contributed by atoms with Crippen LogP contribution in [0.25, 0.3) is 0 Å². The molecule has 0 radical (unpaired) electrons. The van der Waals surface area contributed by atoms with Gasteiger partial charge in [-0.2, -0.15) is 0 Å². The van der Waals surface area contributed by atoms with E-state index in [0.717, 1.165) is 0 Å². The predicted octanol–water partition coefficient (Wildman–Crippen LogP) is 2.75. The monoisotopic (exact) mass is 377 g/mol. The molecule has 2 amide bonds. The van der Waals surface area contributed by atoms with Crippen LogP contribution in [0.15, 0.2) is 40.4 Å². The van der Waals surface area contributed by atoms with Crippen molar-refractivity contribution in [3.63, 3.8) is 0 Å². The average molecular weight is 378 g/mol. The zero-order chi connectivity index (χ0) is 19.1. The molecule has 1 aliphatic heterocycles. The lowest BCUT2D eigenvalue weighted by Crippen LogP contribution is -2.51. The summed E-state index contributed by atoms with van der Waals surface area (Å²) in [6.07, 6.45) is 2.68. The molecule has 1 aliphatic rings. The van der Waals surface area contributed by atoms with Crippen LogP contribution >= 0.6 is 11.8 Å². The minimum atomic E-state index is -0.375. The number of rotatable bonds is 8. The van der Waals surface area contributed by atoms with Crippen LogP contribution in [0, 0.1) is 0 Å². The first kappa shape index (κ1) is 20.3. The summed E-state index contributed by atoms with van der Waals surface area (Å²) in [4.78, 5) is 27.6. The fourth-order valence-electron chi connectivity index (χ4n) is 2.95. The molecule has 142 valence electrons. The maximum absolute atomic E-state index is 12.4. The molecule has 6 nitrogen and oxygen atoms in total. The van der Waals surface area contributed by atoms with Crippen molar-refractivity contribution in [1.82, 2.24) is 15.5 Å². The molecule has 0 spiro atoms. The van der Waals surface area contributed by atoms with Gasteiger partial charge in [-0.15, -0.1) is 11.8 Å². The lowest BCUT2D eigenvalue weighted by Gasteiger charge is -2.30. The van der Waals surface area contributed by atoms with Gasteiger partial charge in [0.15, 0.2) is 0 Å². The quantitative estimate of drug-likeness (QED) is 0.538. The second kappa shape index (κ2) is 9.64. The summed E-state index contributed by atoms with van der Waals surface area (Å²) in [6, 6.07) is 7.77. The smallest absolute Gasteiger partial charge is 0.337 e. The Morgan fingerprint density at radius 3 is 2.50 bits per heavy atom. The summed E-state index contributed by atoms with van der Waals surface area (Å²) in [5.74, 6) is -0.375. The Balaban J connectivity index is 2.17. The third-order valence-electron chi connectivity index (χ3n) is 4.19. The van der Waals surface area contributed by atoms with Crippen LogP contribution in [-0.2, 0) is 16.1 Å². The lowest BCUT2D eigenvalue weighted by molar-refractivity contribution is -0.139. The summed E-state index contributed by atoms with van der Waals surface area (Å²) in [7, 11) is 1.97. The Bertz CT molecular complexity index is 673. The Hall–Kier alpha value is -1.99. The van der Waals surface area contributed by atoms with Gasteiger partial charge in [-0.25, -0.2) is 9.59 Å². The normalized spacial score (nSPS) is 17.1. The third-order valence-corrected chi connectivity index (χ3v) is 4.93. The number of carbonyl (C=O) groups is 2. The molecule has 0 saturated heterocycles. The molecule has 0 aliphatic carbocycles. The number of nitrogens with zero attached hydrogens (tertiary/aromatic N) is 1. The molecule has 1 aromatic carbocycles. The van der Waals surface area contributed by atoms with Gasteiger partial charge >= 0.3 is 12.0 Å².